The van der Waals surface area contributed by atoms with Crippen LogP contribution in [0.1, 0.15) is 0 Å². The summed E-state index contributed by atoms with van der Waals surface area (Å²) in [7, 11) is 0. The van der Waals surface area contributed by atoms with Gasteiger partial charge >= 0.3 is 5.82 Å². The van der Waals surface area contributed by atoms with Crippen LogP contribution < -0.4 is 0 Å². The van der Waals surface area contributed by atoms with Crippen LogP contribution in [0.2, 0.25) is 0 Å². The molecule has 1 heterocycles. The summed E-state index contributed by atoms with van der Waals surface area (Å²) in [6.45, 7) is 0. The largest absolute Gasteiger partial charge is 0.364 e. The second-order valence-electron chi connectivity index (χ2n) is 2.74. The average Bonchev–Trinajstić information content (AvgIpc) is 2.18. The number of pyridine rings is 1. The van der Waals surface area contributed by atoms with Crippen molar-refractivity contribution < 1.29 is 9.31 Å². The molecule has 1 aromatic heterocycles. The van der Waals surface area contributed by atoms with Gasteiger partial charge in [0.2, 0.25) is 5.52 Å². The second kappa shape index (κ2) is 3.02. The molecule has 0 aliphatic heterocycles. The summed E-state index contributed by atoms with van der Waals surface area (Å²) in [4.78, 5) is 13.3. The zero-order valence-electron chi connectivity index (χ0n) is 6.98. The highest BCUT2D eigenvalue weighted by Crippen LogP contribution is 2.18. The van der Waals surface area contributed by atoms with Crippen LogP contribution in [-0.2, 0) is 0 Å². The molecule has 0 N–H and O–H groups in total. The lowest BCUT2D eigenvalue weighted by Gasteiger charge is -1.95. The SMILES string of the molecule is O=[N+]([O-])c1ccc2cccc(F)c2n1. The number of para-hydroxylation sites is 1. The third-order valence-electron chi connectivity index (χ3n) is 1.84. The third kappa shape index (κ3) is 1.28. The maximum atomic E-state index is 13.1. The lowest BCUT2D eigenvalue weighted by Crippen LogP contribution is -1.93. The first-order valence-corrected chi connectivity index (χ1v) is 3.88. The van der Waals surface area contributed by atoms with Gasteiger partial charge in [-0.1, -0.05) is 12.1 Å². The van der Waals surface area contributed by atoms with Crippen molar-refractivity contribution >= 4 is 16.7 Å². The quantitative estimate of drug-likeness (QED) is 0.514. The Morgan fingerprint density at radius 3 is 2.79 bits per heavy atom. The van der Waals surface area contributed by atoms with Crippen LogP contribution in [0.25, 0.3) is 10.9 Å². The predicted molar refractivity (Wildman–Crippen MR) is 48.4 cm³/mol. The fourth-order valence-corrected chi connectivity index (χ4v) is 1.20. The van der Waals surface area contributed by atoms with E-state index >= 15 is 0 Å². The van der Waals surface area contributed by atoms with E-state index in [4.69, 9.17) is 0 Å². The first kappa shape index (κ1) is 8.55. The van der Waals surface area contributed by atoms with Gasteiger partial charge in [0, 0.05) is 11.5 Å². The number of hydrogen-bond donors (Lipinski definition) is 0. The molecule has 0 fully saturated rings. The number of rotatable bonds is 1. The Morgan fingerprint density at radius 1 is 1.29 bits per heavy atom. The standard InChI is InChI=1S/C9H5FN2O2/c10-7-3-1-2-6-4-5-8(12(13)14)11-9(6)7/h1-5H. The number of aromatic nitrogens is 1. The van der Waals surface area contributed by atoms with Crippen molar-refractivity contribution in [2.75, 3.05) is 0 Å². The molecule has 0 saturated heterocycles. The molecule has 14 heavy (non-hydrogen) atoms. The van der Waals surface area contributed by atoms with Gasteiger partial charge in [-0.05, 0) is 22.0 Å². The van der Waals surface area contributed by atoms with Gasteiger partial charge in [-0.2, -0.15) is 0 Å². The van der Waals surface area contributed by atoms with Crippen LogP contribution in [0.5, 0.6) is 0 Å². The summed E-state index contributed by atoms with van der Waals surface area (Å²) in [6.07, 6.45) is 0. The molecule has 0 atom stereocenters. The van der Waals surface area contributed by atoms with Gasteiger partial charge in [-0.3, -0.25) is 0 Å². The topological polar surface area (TPSA) is 56.0 Å². The van der Waals surface area contributed by atoms with Crippen molar-refractivity contribution in [2.24, 2.45) is 0 Å². The van der Waals surface area contributed by atoms with E-state index in [9.17, 15) is 14.5 Å². The van der Waals surface area contributed by atoms with Crippen molar-refractivity contribution in [3.05, 3.63) is 46.3 Å². The molecule has 0 bridgehead atoms. The minimum absolute atomic E-state index is 0.0294. The Hall–Kier alpha value is -2.04. The lowest BCUT2D eigenvalue weighted by molar-refractivity contribution is -0.389. The maximum absolute atomic E-state index is 13.1. The van der Waals surface area contributed by atoms with E-state index in [1.807, 2.05) is 0 Å². The van der Waals surface area contributed by atoms with Gasteiger partial charge in [0.15, 0.2) is 5.82 Å². The molecule has 0 unspecified atom stereocenters. The highest BCUT2D eigenvalue weighted by Gasteiger charge is 2.12. The molecule has 0 spiro atoms. The normalized spacial score (nSPS) is 10.4. The van der Waals surface area contributed by atoms with Crippen LogP contribution in [0.15, 0.2) is 30.3 Å². The van der Waals surface area contributed by atoms with E-state index < -0.39 is 10.7 Å². The van der Waals surface area contributed by atoms with Crippen molar-refractivity contribution in [1.82, 2.24) is 4.98 Å². The van der Waals surface area contributed by atoms with E-state index in [0.717, 1.165) is 0 Å². The summed E-state index contributed by atoms with van der Waals surface area (Å²) >= 11 is 0. The van der Waals surface area contributed by atoms with Gasteiger partial charge in [0.25, 0.3) is 0 Å². The fraction of sp³-hybridized carbons (Fsp3) is 0. The Labute approximate surface area is 78.2 Å². The second-order valence-corrected chi connectivity index (χ2v) is 2.74. The number of benzene rings is 1. The van der Waals surface area contributed by atoms with Gasteiger partial charge < -0.3 is 10.1 Å². The first-order valence-electron chi connectivity index (χ1n) is 3.88. The number of nitrogens with zero attached hydrogens (tertiary/aromatic N) is 2. The van der Waals surface area contributed by atoms with Crippen LogP contribution in [0.3, 0.4) is 0 Å². The first-order chi connectivity index (χ1) is 6.68. The minimum atomic E-state index is -0.647. The van der Waals surface area contributed by atoms with E-state index in [-0.39, 0.29) is 11.3 Å². The van der Waals surface area contributed by atoms with Gasteiger partial charge in [-0.25, -0.2) is 4.39 Å². The van der Waals surface area contributed by atoms with E-state index in [2.05, 4.69) is 4.98 Å². The summed E-state index contributed by atoms with van der Waals surface area (Å²) < 4.78 is 13.1. The zero-order valence-corrected chi connectivity index (χ0v) is 6.98. The van der Waals surface area contributed by atoms with Gasteiger partial charge in [0.05, 0.1) is 0 Å². The third-order valence-corrected chi connectivity index (χ3v) is 1.84. The molecule has 70 valence electrons. The van der Waals surface area contributed by atoms with Gasteiger partial charge in [0.1, 0.15) is 0 Å². The molecule has 2 aromatic rings. The summed E-state index contributed by atoms with van der Waals surface area (Å²) in [5, 5.41) is 10.9. The highest BCUT2D eigenvalue weighted by atomic mass is 19.1. The molecule has 1 aromatic carbocycles. The molecule has 0 radical (unpaired) electrons. The Balaban J connectivity index is 2.76. The summed E-state index contributed by atoms with van der Waals surface area (Å²) in [5.74, 6) is -0.895. The van der Waals surface area contributed by atoms with E-state index in [0.29, 0.717) is 5.39 Å². The number of hydrogen-bond acceptors (Lipinski definition) is 3. The minimum Gasteiger partial charge on any atom is -0.358 e. The molecule has 0 aliphatic carbocycles. The predicted octanol–water partition coefficient (Wildman–Crippen LogP) is 2.28. The zero-order chi connectivity index (χ0) is 10.1. The van der Waals surface area contributed by atoms with Crippen LogP contribution in [-0.4, -0.2) is 9.91 Å². The van der Waals surface area contributed by atoms with Crippen molar-refractivity contribution in [1.29, 1.82) is 0 Å². The Morgan fingerprint density at radius 2 is 2.07 bits per heavy atom. The monoisotopic (exact) mass is 192 g/mol. The molecule has 2 rings (SSSR count). The number of fused-ring (bicyclic) bond motifs is 1. The fourth-order valence-electron chi connectivity index (χ4n) is 1.20. The van der Waals surface area contributed by atoms with Crippen LogP contribution in [0, 0.1) is 15.9 Å². The number of nitro groups is 1. The van der Waals surface area contributed by atoms with Crippen molar-refractivity contribution in [3.63, 3.8) is 0 Å². The molecule has 0 amide bonds. The summed E-state index contributed by atoms with van der Waals surface area (Å²) in [5.41, 5.74) is 0.0294. The Bertz CT molecular complexity index is 513. The van der Waals surface area contributed by atoms with Crippen LogP contribution in [0.4, 0.5) is 10.2 Å². The molecule has 4 nitrogen and oxygen atoms in total. The van der Waals surface area contributed by atoms with E-state index in [1.165, 1.54) is 24.3 Å². The van der Waals surface area contributed by atoms with Crippen LogP contribution >= 0.6 is 0 Å². The smallest absolute Gasteiger partial charge is 0.358 e. The molecular weight excluding hydrogens is 187 g/mol. The van der Waals surface area contributed by atoms with Gasteiger partial charge in [-0.15, -0.1) is 0 Å². The molecular formula is C9H5FN2O2. The maximum Gasteiger partial charge on any atom is 0.364 e. The van der Waals surface area contributed by atoms with Crippen molar-refractivity contribution in [2.45, 2.75) is 0 Å². The molecule has 5 heteroatoms. The molecule has 0 aliphatic rings. The molecule has 0 saturated carbocycles. The Kier molecular flexibility index (Phi) is 1.85. The van der Waals surface area contributed by atoms with Crippen molar-refractivity contribution in [3.8, 4) is 0 Å². The number of halogens is 1. The highest BCUT2D eigenvalue weighted by molar-refractivity contribution is 5.79. The average molecular weight is 192 g/mol. The lowest BCUT2D eigenvalue weighted by atomic mass is 10.2. The summed E-state index contributed by atoms with van der Waals surface area (Å²) in [6, 6.07) is 7.13. The van der Waals surface area contributed by atoms with E-state index in [1.54, 1.807) is 6.07 Å².